The van der Waals surface area contributed by atoms with E-state index in [4.69, 9.17) is 4.11 Å². The van der Waals surface area contributed by atoms with Crippen LogP contribution in [-0.4, -0.2) is 15.0 Å². The van der Waals surface area contributed by atoms with Gasteiger partial charge in [-0.3, -0.25) is 0 Å². The molecule has 5 nitrogen and oxygen atoms in total. The third-order valence-corrected chi connectivity index (χ3v) is 13.1. The van der Waals surface area contributed by atoms with E-state index in [2.05, 4.69) is 142 Å². The second-order valence-electron chi connectivity index (χ2n) is 17.8. The number of aryl methyl sites for hydroxylation is 6. The van der Waals surface area contributed by atoms with Gasteiger partial charge < -0.3 is 15.0 Å². The third kappa shape index (κ3) is 10.7. The van der Waals surface area contributed by atoms with Crippen LogP contribution < -0.4 is 0 Å². The van der Waals surface area contributed by atoms with Gasteiger partial charge in [0.1, 0.15) is 6.07 Å². The van der Waals surface area contributed by atoms with E-state index in [0.29, 0.717) is 27.9 Å². The molecule has 346 valence electrons. The van der Waals surface area contributed by atoms with E-state index >= 15 is 0 Å². The maximum absolute atomic E-state index is 10.3. The fourth-order valence-corrected chi connectivity index (χ4v) is 9.35. The van der Waals surface area contributed by atoms with Crippen molar-refractivity contribution in [2.45, 2.75) is 46.4 Å². The summed E-state index contributed by atoms with van der Waals surface area (Å²) in [6.45, 7) is 1.45. The molecule has 0 saturated carbocycles. The van der Waals surface area contributed by atoms with Crippen LogP contribution in [0, 0.1) is 61.6 Å². The summed E-state index contributed by atoms with van der Waals surface area (Å²) >= 11 is 0. The second kappa shape index (κ2) is 22.1. The fourth-order valence-electron chi connectivity index (χ4n) is 9.35. The maximum Gasteiger partial charge on any atom is 3.00 e. The average molecular weight is 1110 g/mol. The van der Waals surface area contributed by atoms with E-state index in [9.17, 15) is 10.5 Å². The Hall–Kier alpha value is -8.38. The van der Waals surface area contributed by atoms with E-state index in [1.165, 1.54) is 28.5 Å². The van der Waals surface area contributed by atoms with Crippen molar-refractivity contribution >= 4 is 0 Å². The standard InChI is InChI=1S/C66H48N5.Ir/c1-44-14-33-66(71-43-44)55-31-32-59(61(40-55)52-29-27-51(28-30-52)60-36-45(2)62(41-67)46(3)63(60)42-68)58-11-5-4-10-57(58)56-38-49(17-15-47-19-23-53(24-20-47)64-12-6-8-34-69-64)37-50(39-56)18-16-48-21-25-54(26-22-48)65-13-7-9-35-70-65;/h4-14,19-23,25,27-30,32-40,43H,15-18H2,1-3H3;/q-3;+3/i1D3;. The topological polar surface area (TPSA) is 86.2 Å². The smallest absolute Gasteiger partial charge is 0.305 e. The molecule has 0 N–H and O–H groups in total. The Morgan fingerprint density at radius 3 is 1.54 bits per heavy atom. The molecule has 0 spiro atoms. The van der Waals surface area contributed by atoms with Crippen LogP contribution in [0.25, 0.3) is 78.3 Å². The summed E-state index contributed by atoms with van der Waals surface area (Å²) in [6.07, 6.45) is 8.34. The van der Waals surface area contributed by atoms with Crippen LogP contribution in [0.2, 0.25) is 0 Å². The van der Waals surface area contributed by atoms with Gasteiger partial charge in [0.15, 0.2) is 0 Å². The summed E-state index contributed by atoms with van der Waals surface area (Å²) in [4.78, 5) is 13.6. The van der Waals surface area contributed by atoms with Crippen molar-refractivity contribution in [1.29, 1.82) is 10.5 Å². The molecule has 10 aromatic rings. The first-order valence-electron chi connectivity index (χ1n) is 25.2. The van der Waals surface area contributed by atoms with E-state index in [1.807, 2.05) is 74.5 Å². The zero-order valence-electron chi connectivity index (χ0n) is 42.8. The molecule has 0 atom stereocenters. The SMILES string of the molecule is [2H]C([2H])([2H])c1ccc(-c2[c-]cc(-c3ccccc3-c3cc(CCc4c[c-]c(-c5ccccn5)cc4)cc(CCc4c[c-]c(-c5ccccn5)cc4)c3)c(-c3ccc(-c4cc(C)c(C#N)c(C)c4C#N)cc3)c2)nc1.[Ir+3]. The molecule has 0 radical (unpaired) electrons. The number of pyridine rings is 3. The predicted octanol–water partition coefficient (Wildman–Crippen LogP) is 15.2. The van der Waals surface area contributed by atoms with Crippen LogP contribution >= 0.6 is 0 Å². The second-order valence-corrected chi connectivity index (χ2v) is 17.8. The molecule has 0 saturated heterocycles. The number of hydrogen-bond acceptors (Lipinski definition) is 5. The maximum atomic E-state index is 10.3. The number of benzene rings is 7. The molecule has 0 bridgehead atoms. The Kier molecular flexibility index (Phi) is 13.8. The number of nitrogens with zero attached hydrogens (tertiary/aromatic N) is 5. The predicted molar refractivity (Wildman–Crippen MR) is 286 cm³/mol. The van der Waals surface area contributed by atoms with Crippen molar-refractivity contribution in [3.63, 3.8) is 0 Å². The first-order valence-corrected chi connectivity index (χ1v) is 23.7. The van der Waals surface area contributed by atoms with Gasteiger partial charge in [-0.25, -0.2) is 0 Å². The summed E-state index contributed by atoms with van der Waals surface area (Å²) in [5.74, 6) is 0. The van der Waals surface area contributed by atoms with E-state index in [0.717, 1.165) is 98.3 Å². The summed E-state index contributed by atoms with van der Waals surface area (Å²) in [5, 5.41) is 20.1. The summed E-state index contributed by atoms with van der Waals surface area (Å²) in [6, 6.07) is 72.6. The van der Waals surface area contributed by atoms with Gasteiger partial charge in [0.05, 0.1) is 17.2 Å². The zero-order chi connectivity index (χ0) is 51.2. The van der Waals surface area contributed by atoms with Crippen molar-refractivity contribution < 1.29 is 24.2 Å². The Labute approximate surface area is 440 Å². The normalized spacial score (nSPS) is 11.6. The summed E-state index contributed by atoms with van der Waals surface area (Å²) in [5.41, 5.74) is 20.2. The molecule has 0 fully saturated rings. The summed E-state index contributed by atoms with van der Waals surface area (Å²) < 4.78 is 23.8. The van der Waals surface area contributed by atoms with Gasteiger partial charge in [0.25, 0.3) is 0 Å². The van der Waals surface area contributed by atoms with E-state index < -0.39 is 6.85 Å². The minimum absolute atomic E-state index is 0. The molecule has 0 unspecified atom stereocenters. The molecule has 0 aliphatic carbocycles. The first kappa shape index (κ1) is 44.8. The van der Waals surface area contributed by atoms with Gasteiger partial charge in [-0.15, -0.1) is 94.5 Å². The van der Waals surface area contributed by atoms with Gasteiger partial charge in [-0.2, -0.15) is 10.5 Å². The molecule has 3 heterocycles. The molecular weight excluding hydrogens is 1050 g/mol. The van der Waals surface area contributed by atoms with Crippen molar-refractivity contribution in [3.8, 4) is 90.4 Å². The number of aromatic nitrogens is 3. The van der Waals surface area contributed by atoms with Crippen molar-refractivity contribution in [1.82, 2.24) is 15.0 Å². The van der Waals surface area contributed by atoms with Crippen molar-refractivity contribution in [2.75, 3.05) is 0 Å². The van der Waals surface area contributed by atoms with Crippen LogP contribution in [0.3, 0.4) is 0 Å². The Morgan fingerprint density at radius 2 is 1.01 bits per heavy atom. The monoisotopic (exact) mass is 1110 g/mol. The van der Waals surface area contributed by atoms with Gasteiger partial charge in [0.2, 0.25) is 0 Å². The zero-order valence-corrected chi connectivity index (χ0v) is 42.2. The molecule has 0 aliphatic rings. The minimum Gasteiger partial charge on any atom is -0.305 e. The van der Waals surface area contributed by atoms with Crippen LogP contribution in [0.5, 0.6) is 0 Å². The number of rotatable bonds is 13. The average Bonchev–Trinajstić information content (AvgIpc) is 3.44. The molecule has 72 heavy (non-hydrogen) atoms. The third-order valence-electron chi connectivity index (χ3n) is 13.1. The van der Waals surface area contributed by atoms with Gasteiger partial charge in [0, 0.05) is 28.3 Å². The molecule has 0 amide bonds. The van der Waals surface area contributed by atoms with Crippen LogP contribution in [0.1, 0.15) is 54.2 Å². The number of nitriles is 2. The van der Waals surface area contributed by atoms with E-state index in [1.54, 1.807) is 24.5 Å². The quantitative estimate of drug-likeness (QED) is 0.107. The summed E-state index contributed by atoms with van der Waals surface area (Å²) in [7, 11) is 0. The van der Waals surface area contributed by atoms with Crippen LogP contribution in [0.4, 0.5) is 0 Å². The van der Waals surface area contributed by atoms with Crippen molar-refractivity contribution in [3.05, 3.63) is 257 Å². The van der Waals surface area contributed by atoms with Crippen LogP contribution in [-0.2, 0) is 45.8 Å². The van der Waals surface area contributed by atoms with E-state index in [-0.39, 0.29) is 25.7 Å². The Balaban J connectivity index is 0.00000689. The van der Waals surface area contributed by atoms with Gasteiger partial charge >= 0.3 is 20.1 Å². The van der Waals surface area contributed by atoms with Gasteiger partial charge in [-0.05, 0) is 119 Å². The molecule has 7 aromatic carbocycles. The molecule has 3 aromatic heterocycles. The fraction of sp³-hybridized carbons (Fsp3) is 0.106. The molecular formula is C66H48IrN5. The molecule has 0 aliphatic heterocycles. The Morgan fingerprint density at radius 1 is 0.458 bits per heavy atom. The van der Waals surface area contributed by atoms with Gasteiger partial charge in [-0.1, -0.05) is 133 Å². The Bertz CT molecular complexity index is 3610. The first-order chi connectivity index (χ1) is 36.0. The van der Waals surface area contributed by atoms with Crippen LogP contribution in [0.15, 0.2) is 188 Å². The largest absolute Gasteiger partial charge is 3.00 e. The molecule has 6 heteroatoms. The minimum atomic E-state index is -2.28. The number of hydrogen-bond donors (Lipinski definition) is 0. The molecule has 10 rings (SSSR count). The van der Waals surface area contributed by atoms with Crippen molar-refractivity contribution in [2.24, 2.45) is 0 Å².